The van der Waals surface area contributed by atoms with Crippen molar-refractivity contribution in [2.45, 2.75) is 37.6 Å². The van der Waals surface area contributed by atoms with Gasteiger partial charge in [0.2, 0.25) is 0 Å². The second kappa shape index (κ2) is 5.56. The molecule has 2 unspecified atom stereocenters. The molecule has 1 aromatic rings. The van der Waals surface area contributed by atoms with E-state index in [0.29, 0.717) is 12.1 Å². The van der Waals surface area contributed by atoms with Crippen LogP contribution in [0.15, 0.2) is 28.7 Å². The molecule has 0 radical (unpaired) electrons. The molecule has 1 heterocycles. The quantitative estimate of drug-likeness (QED) is 0.905. The van der Waals surface area contributed by atoms with Gasteiger partial charge in [0, 0.05) is 27.6 Å². The first-order valence-electron chi connectivity index (χ1n) is 5.78. The van der Waals surface area contributed by atoms with Crippen LogP contribution in [0.3, 0.4) is 0 Å². The van der Waals surface area contributed by atoms with Gasteiger partial charge in [0.25, 0.3) is 0 Å². The summed E-state index contributed by atoms with van der Waals surface area (Å²) < 4.78 is 1.15. The Labute approximate surface area is 111 Å². The number of hydrogen-bond acceptors (Lipinski definition) is 2. The van der Waals surface area contributed by atoms with Gasteiger partial charge < -0.3 is 5.32 Å². The zero-order valence-corrected chi connectivity index (χ0v) is 12.1. The van der Waals surface area contributed by atoms with Crippen molar-refractivity contribution in [3.63, 3.8) is 0 Å². The average Bonchev–Trinajstić information content (AvgIpc) is 2.65. The summed E-state index contributed by atoms with van der Waals surface area (Å²) in [5.41, 5.74) is 1.37. The normalized spacial score (nSPS) is 26.9. The Morgan fingerprint density at radius 1 is 1.38 bits per heavy atom. The minimum Gasteiger partial charge on any atom is -0.307 e. The molecule has 1 aromatic carbocycles. The second-order valence-corrected chi connectivity index (χ2v) is 6.90. The molecule has 3 heteroatoms. The SMILES string of the molecule is CC1CC(N[C@@H](C)c2ccc(Br)cc2)CS1. The lowest BCUT2D eigenvalue weighted by Crippen LogP contribution is -2.31. The van der Waals surface area contributed by atoms with Gasteiger partial charge in [0.15, 0.2) is 0 Å². The molecule has 0 saturated carbocycles. The Balaban J connectivity index is 1.92. The largest absolute Gasteiger partial charge is 0.307 e. The molecular weight excluding hydrogens is 282 g/mol. The van der Waals surface area contributed by atoms with E-state index in [4.69, 9.17) is 0 Å². The molecule has 2 rings (SSSR count). The number of thioether (sulfide) groups is 1. The molecule has 1 saturated heterocycles. The fourth-order valence-electron chi connectivity index (χ4n) is 2.13. The van der Waals surface area contributed by atoms with Crippen molar-refractivity contribution in [3.8, 4) is 0 Å². The van der Waals surface area contributed by atoms with E-state index in [1.165, 1.54) is 17.7 Å². The Hall–Kier alpha value is 0.01000. The third-order valence-electron chi connectivity index (χ3n) is 3.05. The van der Waals surface area contributed by atoms with Crippen LogP contribution < -0.4 is 5.32 Å². The van der Waals surface area contributed by atoms with Gasteiger partial charge in [-0.25, -0.2) is 0 Å². The zero-order chi connectivity index (χ0) is 11.5. The molecule has 16 heavy (non-hydrogen) atoms. The van der Waals surface area contributed by atoms with Gasteiger partial charge in [0.1, 0.15) is 0 Å². The first-order valence-corrected chi connectivity index (χ1v) is 7.62. The van der Waals surface area contributed by atoms with E-state index in [9.17, 15) is 0 Å². The first-order chi connectivity index (χ1) is 7.65. The lowest BCUT2D eigenvalue weighted by atomic mass is 10.1. The number of rotatable bonds is 3. The molecule has 1 N–H and O–H groups in total. The lowest BCUT2D eigenvalue weighted by molar-refractivity contribution is 0.474. The smallest absolute Gasteiger partial charge is 0.0294 e. The fourth-order valence-corrected chi connectivity index (χ4v) is 3.56. The third-order valence-corrected chi connectivity index (χ3v) is 4.94. The van der Waals surface area contributed by atoms with Crippen molar-refractivity contribution in [1.29, 1.82) is 0 Å². The van der Waals surface area contributed by atoms with Crippen molar-refractivity contribution in [2.75, 3.05) is 5.75 Å². The van der Waals surface area contributed by atoms with Crippen LogP contribution in [-0.2, 0) is 0 Å². The summed E-state index contributed by atoms with van der Waals surface area (Å²) in [5, 5.41) is 4.52. The van der Waals surface area contributed by atoms with Gasteiger partial charge in [-0.1, -0.05) is 35.0 Å². The second-order valence-electron chi connectivity index (χ2n) is 4.52. The Kier molecular flexibility index (Phi) is 4.34. The Morgan fingerprint density at radius 2 is 2.06 bits per heavy atom. The minimum atomic E-state index is 0.448. The summed E-state index contributed by atoms with van der Waals surface area (Å²) in [4.78, 5) is 0. The van der Waals surface area contributed by atoms with Crippen molar-refractivity contribution in [1.82, 2.24) is 5.32 Å². The summed E-state index contributed by atoms with van der Waals surface area (Å²) in [7, 11) is 0. The highest BCUT2D eigenvalue weighted by Crippen LogP contribution is 2.28. The van der Waals surface area contributed by atoms with E-state index in [0.717, 1.165) is 9.72 Å². The maximum absolute atomic E-state index is 3.71. The average molecular weight is 300 g/mol. The number of benzene rings is 1. The van der Waals surface area contributed by atoms with Crippen molar-refractivity contribution < 1.29 is 0 Å². The van der Waals surface area contributed by atoms with E-state index in [1.807, 2.05) is 0 Å². The topological polar surface area (TPSA) is 12.0 Å². The van der Waals surface area contributed by atoms with Crippen LogP contribution >= 0.6 is 27.7 Å². The Bertz CT molecular complexity index is 338. The molecule has 0 spiro atoms. The summed E-state index contributed by atoms with van der Waals surface area (Å²) >= 11 is 5.54. The minimum absolute atomic E-state index is 0.448. The highest BCUT2D eigenvalue weighted by molar-refractivity contribution is 9.10. The third kappa shape index (κ3) is 3.25. The molecule has 0 amide bonds. The highest BCUT2D eigenvalue weighted by Gasteiger charge is 2.23. The number of nitrogens with one attached hydrogen (secondary N) is 1. The molecule has 3 atom stereocenters. The lowest BCUT2D eigenvalue weighted by Gasteiger charge is -2.19. The van der Waals surface area contributed by atoms with Crippen molar-refractivity contribution in [3.05, 3.63) is 34.3 Å². The molecular formula is C13H18BrNS. The summed E-state index contributed by atoms with van der Waals surface area (Å²) in [6.45, 7) is 4.56. The van der Waals surface area contributed by atoms with Crippen molar-refractivity contribution >= 4 is 27.7 Å². The number of halogens is 1. The van der Waals surface area contributed by atoms with Gasteiger partial charge in [0.05, 0.1) is 0 Å². The van der Waals surface area contributed by atoms with E-state index in [1.54, 1.807) is 0 Å². The summed E-state index contributed by atoms with van der Waals surface area (Å²) in [6.07, 6.45) is 1.30. The van der Waals surface area contributed by atoms with Crippen LogP contribution in [0, 0.1) is 0 Å². The van der Waals surface area contributed by atoms with E-state index in [-0.39, 0.29) is 0 Å². The van der Waals surface area contributed by atoms with Gasteiger partial charge in [-0.3, -0.25) is 0 Å². The maximum Gasteiger partial charge on any atom is 0.0294 e. The monoisotopic (exact) mass is 299 g/mol. The fraction of sp³-hybridized carbons (Fsp3) is 0.538. The molecule has 0 bridgehead atoms. The molecule has 1 aliphatic heterocycles. The zero-order valence-electron chi connectivity index (χ0n) is 9.74. The van der Waals surface area contributed by atoms with Crippen LogP contribution in [0.4, 0.5) is 0 Å². The predicted molar refractivity (Wildman–Crippen MR) is 76.0 cm³/mol. The Morgan fingerprint density at radius 3 is 2.62 bits per heavy atom. The molecule has 1 fully saturated rings. The summed E-state index contributed by atoms with van der Waals surface area (Å²) in [6, 6.07) is 9.72. The summed E-state index contributed by atoms with van der Waals surface area (Å²) in [5.74, 6) is 1.25. The predicted octanol–water partition coefficient (Wildman–Crippen LogP) is 3.99. The van der Waals surface area contributed by atoms with E-state index >= 15 is 0 Å². The van der Waals surface area contributed by atoms with Gasteiger partial charge in [-0.15, -0.1) is 0 Å². The van der Waals surface area contributed by atoms with Crippen LogP contribution in [0.2, 0.25) is 0 Å². The van der Waals surface area contributed by atoms with E-state index < -0.39 is 0 Å². The maximum atomic E-state index is 3.71. The van der Waals surface area contributed by atoms with Crippen LogP contribution in [0.25, 0.3) is 0 Å². The van der Waals surface area contributed by atoms with Crippen molar-refractivity contribution in [2.24, 2.45) is 0 Å². The van der Waals surface area contributed by atoms with Crippen LogP contribution in [0.1, 0.15) is 31.9 Å². The van der Waals surface area contributed by atoms with Crippen LogP contribution in [-0.4, -0.2) is 17.0 Å². The van der Waals surface area contributed by atoms with E-state index in [2.05, 4.69) is 71.1 Å². The molecule has 0 aliphatic carbocycles. The molecule has 88 valence electrons. The number of hydrogen-bond donors (Lipinski definition) is 1. The standard InChI is InChI=1S/C13H18BrNS/c1-9-7-13(8-16-9)15-10(2)11-3-5-12(14)6-4-11/h3-6,9-10,13,15H,7-8H2,1-2H3/t9?,10-,13?/m0/s1. The first kappa shape index (κ1) is 12.5. The highest BCUT2D eigenvalue weighted by atomic mass is 79.9. The van der Waals surface area contributed by atoms with Gasteiger partial charge >= 0.3 is 0 Å². The van der Waals surface area contributed by atoms with Gasteiger partial charge in [-0.2, -0.15) is 11.8 Å². The molecule has 0 aromatic heterocycles. The van der Waals surface area contributed by atoms with Gasteiger partial charge in [-0.05, 0) is 31.0 Å². The molecule has 1 aliphatic rings. The molecule has 1 nitrogen and oxygen atoms in total. The van der Waals surface area contributed by atoms with Crippen LogP contribution in [0.5, 0.6) is 0 Å².